The fraction of sp³-hybridized carbons (Fsp3) is 0.529. The number of nitrogens with zero attached hydrogens (tertiary/aromatic N) is 1. The lowest BCUT2D eigenvalue weighted by Crippen LogP contribution is -2.45. The highest BCUT2D eigenvalue weighted by atomic mass is 28.3. The fourth-order valence-electron chi connectivity index (χ4n) is 2.82. The van der Waals surface area contributed by atoms with Crippen molar-refractivity contribution in [1.82, 2.24) is 4.90 Å². The van der Waals surface area contributed by atoms with E-state index in [1.807, 2.05) is 27.7 Å². The molecule has 1 aromatic rings. The van der Waals surface area contributed by atoms with Gasteiger partial charge in [-0.15, -0.1) is 0 Å². The largest absolute Gasteiger partial charge is 0.334 e. The first kappa shape index (κ1) is 19.5. The van der Waals surface area contributed by atoms with Crippen molar-refractivity contribution in [3.05, 3.63) is 28.8 Å². The Morgan fingerprint density at radius 2 is 1.61 bits per heavy atom. The van der Waals surface area contributed by atoms with Crippen molar-refractivity contribution in [2.45, 2.75) is 59.4 Å². The zero-order valence-corrected chi connectivity index (χ0v) is 15.8. The lowest BCUT2D eigenvalue weighted by atomic mass is 10.0. The summed E-state index contributed by atoms with van der Waals surface area (Å²) in [6.07, 6.45) is 0.310. The normalized spacial score (nSPS) is 12.0. The van der Waals surface area contributed by atoms with Gasteiger partial charge in [-0.25, -0.2) is 8.78 Å². The molecular formula is C17H25F2NO2Si. The van der Waals surface area contributed by atoms with E-state index in [1.54, 1.807) is 19.6 Å². The van der Waals surface area contributed by atoms with E-state index in [1.165, 1.54) is 4.90 Å². The molecule has 0 radical (unpaired) electrons. The van der Waals surface area contributed by atoms with Crippen LogP contribution in [0.4, 0.5) is 8.78 Å². The molecule has 0 spiro atoms. The van der Waals surface area contributed by atoms with Gasteiger partial charge in [-0.05, 0) is 33.8 Å². The molecule has 0 saturated carbocycles. The van der Waals surface area contributed by atoms with E-state index in [4.69, 9.17) is 0 Å². The molecule has 0 aliphatic carbocycles. The van der Waals surface area contributed by atoms with Crippen LogP contribution in [-0.2, 0) is 0 Å². The lowest BCUT2D eigenvalue weighted by Gasteiger charge is -2.31. The molecule has 128 valence electrons. The van der Waals surface area contributed by atoms with E-state index in [2.05, 4.69) is 0 Å². The Labute approximate surface area is 137 Å². The number of carbonyl (C=O) groups excluding carboxylic acids is 2. The summed E-state index contributed by atoms with van der Waals surface area (Å²) in [5.41, 5.74) is -0.556. The summed E-state index contributed by atoms with van der Waals surface area (Å²) >= 11 is 0. The number of carbonyl (C=O) groups is 2. The molecule has 0 aromatic heterocycles. The average Bonchev–Trinajstić information content (AvgIpc) is 2.35. The predicted molar refractivity (Wildman–Crippen MR) is 91.2 cm³/mol. The second-order valence-electron chi connectivity index (χ2n) is 7.28. The van der Waals surface area contributed by atoms with Gasteiger partial charge in [0, 0.05) is 17.3 Å². The molecule has 0 fully saturated rings. The molecule has 0 unspecified atom stereocenters. The van der Waals surface area contributed by atoms with E-state index in [-0.39, 0.29) is 28.4 Å². The summed E-state index contributed by atoms with van der Waals surface area (Å²) in [5.74, 6) is -2.17. The smallest absolute Gasteiger partial charge is 0.255 e. The summed E-state index contributed by atoms with van der Waals surface area (Å²) in [5, 5.41) is -0.0446. The number of halogens is 2. The Kier molecular flexibility index (Phi) is 5.85. The number of hydrogen-bond acceptors (Lipinski definition) is 2. The van der Waals surface area contributed by atoms with Crippen LogP contribution in [0, 0.1) is 11.6 Å². The third-order valence-corrected chi connectivity index (χ3v) is 5.66. The van der Waals surface area contributed by atoms with Gasteiger partial charge in [0.15, 0.2) is 6.29 Å². The number of hydrogen-bond donors (Lipinski definition) is 0. The van der Waals surface area contributed by atoms with E-state index >= 15 is 0 Å². The summed E-state index contributed by atoms with van der Waals surface area (Å²) in [6, 6.07) is 0.718. The molecule has 0 atom stereocenters. The van der Waals surface area contributed by atoms with Gasteiger partial charge in [-0.3, -0.25) is 9.59 Å². The first-order valence-corrected chi connectivity index (χ1v) is 11.2. The van der Waals surface area contributed by atoms with Crippen molar-refractivity contribution in [3.63, 3.8) is 0 Å². The summed E-state index contributed by atoms with van der Waals surface area (Å²) < 4.78 is 29.2. The zero-order valence-electron chi connectivity index (χ0n) is 14.8. The molecule has 0 heterocycles. The number of aldehydes is 1. The van der Waals surface area contributed by atoms with Crippen LogP contribution in [0.3, 0.4) is 0 Å². The van der Waals surface area contributed by atoms with Gasteiger partial charge in [0.05, 0.1) is 19.2 Å². The Morgan fingerprint density at radius 1 is 1.13 bits per heavy atom. The van der Waals surface area contributed by atoms with Gasteiger partial charge < -0.3 is 4.90 Å². The minimum absolute atomic E-state index is 0.0446. The summed E-state index contributed by atoms with van der Waals surface area (Å²) in [6.45, 7) is 12.7. The maximum absolute atomic E-state index is 14.7. The molecule has 0 saturated heterocycles. The van der Waals surface area contributed by atoms with E-state index in [0.29, 0.717) is 6.29 Å². The number of rotatable bonds is 5. The monoisotopic (exact) mass is 341 g/mol. The van der Waals surface area contributed by atoms with Gasteiger partial charge in [0.25, 0.3) is 5.91 Å². The number of amides is 1. The van der Waals surface area contributed by atoms with E-state index in [0.717, 1.165) is 6.07 Å². The first-order valence-electron chi connectivity index (χ1n) is 7.73. The average molecular weight is 341 g/mol. The zero-order chi connectivity index (χ0) is 18.1. The summed E-state index contributed by atoms with van der Waals surface area (Å²) in [7, 11) is -2.33. The highest BCUT2D eigenvalue weighted by Crippen LogP contribution is 2.21. The molecule has 0 N–H and O–H groups in total. The van der Waals surface area contributed by atoms with Crippen LogP contribution in [0.15, 0.2) is 6.07 Å². The Balaban J connectivity index is 3.62. The molecular weight excluding hydrogens is 316 g/mol. The van der Waals surface area contributed by atoms with Crippen molar-refractivity contribution in [2.75, 3.05) is 0 Å². The standard InChI is InChI=1S/C17H25F2NO2Si/c1-10(2)20(11(3)4)17(22)12-8-14(18)16(23(5,6)7)15(19)13(12)9-21/h8-11H,1-7H3. The van der Waals surface area contributed by atoms with Gasteiger partial charge in [-0.1, -0.05) is 19.6 Å². The van der Waals surface area contributed by atoms with Crippen molar-refractivity contribution in [3.8, 4) is 0 Å². The Hall–Kier alpha value is -1.56. The van der Waals surface area contributed by atoms with Gasteiger partial charge in [0.1, 0.15) is 11.6 Å². The molecule has 23 heavy (non-hydrogen) atoms. The lowest BCUT2D eigenvalue weighted by molar-refractivity contribution is 0.0640. The number of benzene rings is 1. The molecule has 0 aliphatic heterocycles. The van der Waals surface area contributed by atoms with Crippen molar-refractivity contribution < 1.29 is 18.4 Å². The Morgan fingerprint density at radius 3 is 1.96 bits per heavy atom. The third kappa shape index (κ3) is 3.86. The van der Waals surface area contributed by atoms with Crippen LogP contribution in [0.1, 0.15) is 48.4 Å². The van der Waals surface area contributed by atoms with Crippen LogP contribution in [-0.4, -0.2) is 37.3 Å². The van der Waals surface area contributed by atoms with E-state index < -0.39 is 25.6 Å². The third-order valence-electron chi connectivity index (χ3n) is 3.70. The van der Waals surface area contributed by atoms with Crippen LogP contribution >= 0.6 is 0 Å². The fourth-order valence-corrected chi connectivity index (χ4v) is 4.40. The second-order valence-corrected chi connectivity index (χ2v) is 12.3. The second kappa shape index (κ2) is 6.91. The summed E-state index contributed by atoms with van der Waals surface area (Å²) in [4.78, 5) is 25.6. The predicted octanol–water partition coefficient (Wildman–Crippen LogP) is 3.58. The molecule has 1 rings (SSSR count). The highest BCUT2D eigenvalue weighted by molar-refractivity contribution is 6.88. The maximum Gasteiger partial charge on any atom is 0.255 e. The van der Waals surface area contributed by atoms with Crippen LogP contribution in [0.2, 0.25) is 19.6 Å². The van der Waals surface area contributed by atoms with Crippen molar-refractivity contribution in [1.29, 1.82) is 0 Å². The molecule has 1 amide bonds. The van der Waals surface area contributed by atoms with Gasteiger partial charge in [0.2, 0.25) is 0 Å². The minimum Gasteiger partial charge on any atom is -0.334 e. The first-order chi connectivity index (χ1) is 10.4. The van der Waals surface area contributed by atoms with Gasteiger partial charge in [-0.2, -0.15) is 0 Å². The molecule has 6 heteroatoms. The minimum atomic E-state index is -2.33. The van der Waals surface area contributed by atoms with Gasteiger partial charge >= 0.3 is 0 Å². The van der Waals surface area contributed by atoms with Crippen LogP contribution in [0.25, 0.3) is 0 Å². The topological polar surface area (TPSA) is 37.4 Å². The Bertz CT molecular complexity index is 614. The van der Waals surface area contributed by atoms with Crippen molar-refractivity contribution in [2.24, 2.45) is 0 Å². The van der Waals surface area contributed by atoms with Crippen LogP contribution in [0.5, 0.6) is 0 Å². The molecule has 0 aliphatic rings. The van der Waals surface area contributed by atoms with Crippen LogP contribution < -0.4 is 5.19 Å². The molecule has 1 aromatic carbocycles. The maximum atomic E-state index is 14.7. The highest BCUT2D eigenvalue weighted by Gasteiger charge is 2.32. The molecule has 3 nitrogen and oxygen atoms in total. The van der Waals surface area contributed by atoms with E-state index in [9.17, 15) is 18.4 Å². The SMILES string of the molecule is CC(C)N(C(=O)c1cc(F)c([Si](C)(C)C)c(F)c1C=O)C(C)C. The molecule has 0 bridgehead atoms. The van der Waals surface area contributed by atoms with Crippen molar-refractivity contribution >= 4 is 25.5 Å². The quantitative estimate of drug-likeness (QED) is 0.606.